The molecule has 0 bridgehead atoms. The van der Waals surface area contributed by atoms with Gasteiger partial charge in [0.1, 0.15) is 0 Å². The molecular weight excluding hydrogens is 328 g/mol. The Hall–Kier alpha value is -0.860. The highest BCUT2D eigenvalue weighted by molar-refractivity contribution is 7.91. The number of likely N-dealkylation sites (N-methyl/N-ethyl adjacent to an activating group) is 2. The average molecular weight is 361 g/mol. The van der Waals surface area contributed by atoms with Crippen LogP contribution in [-0.2, 0) is 9.84 Å². The smallest absolute Gasteiger partial charge is 0.320 e. The van der Waals surface area contributed by atoms with Gasteiger partial charge in [-0.25, -0.2) is 13.2 Å². The fraction of sp³-hybridized carbons (Fsp3) is 0.938. The molecule has 0 aromatic heterocycles. The van der Waals surface area contributed by atoms with Crippen LogP contribution in [0.4, 0.5) is 4.79 Å². The van der Waals surface area contributed by atoms with Gasteiger partial charge in [0.05, 0.1) is 11.5 Å². The van der Waals surface area contributed by atoms with Gasteiger partial charge in [0.25, 0.3) is 0 Å². The SMILES string of the molecule is CCN1CCCC1CN(CCN(C)C)C(=O)N1CCS(=O)(=O)CC1. The first-order chi connectivity index (χ1) is 11.3. The maximum atomic E-state index is 12.9. The van der Waals surface area contributed by atoms with Crippen LogP contribution < -0.4 is 0 Å². The first-order valence-electron chi connectivity index (χ1n) is 8.95. The fourth-order valence-corrected chi connectivity index (χ4v) is 4.66. The number of nitrogens with zero attached hydrogens (tertiary/aromatic N) is 4. The highest BCUT2D eigenvalue weighted by Crippen LogP contribution is 2.19. The van der Waals surface area contributed by atoms with Gasteiger partial charge in [-0.3, -0.25) is 4.90 Å². The Balaban J connectivity index is 2.00. The second-order valence-corrected chi connectivity index (χ2v) is 9.40. The molecule has 0 spiro atoms. The normalized spacial score (nSPS) is 24.5. The molecule has 2 heterocycles. The van der Waals surface area contributed by atoms with E-state index in [-0.39, 0.29) is 17.5 Å². The Morgan fingerprint density at radius 2 is 1.79 bits per heavy atom. The lowest BCUT2D eigenvalue weighted by molar-refractivity contribution is 0.132. The van der Waals surface area contributed by atoms with Crippen LogP contribution in [0, 0.1) is 0 Å². The molecule has 24 heavy (non-hydrogen) atoms. The number of urea groups is 1. The van der Waals surface area contributed by atoms with E-state index in [0.717, 1.165) is 32.6 Å². The summed E-state index contributed by atoms with van der Waals surface area (Å²) in [5, 5.41) is 0. The minimum atomic E-state index is -2.96. The van der Waals surface area contributed by atoms with E-state index in [1.165, 1.54) is 6.42 Å². The Morgan fingerprint density at radius 1 is 1.12 bits per heavy atom. The number of carbonyl (C=O) groups is 1. The van der Waals surface area contributed by atoms with Crippen molar-refractivity contribution in [3.8, 4) is 0 Å². The summed E-state index contributed by atoms with van der Waals surface area (Å²) < 4.78 is 23.2. The van der Waals surface area contributed by atoms with Crippen LogP contribution in [0.2, 0.25) is 0 Å². The predicted molar refractivity (Wildman–Crippen MR) is 96.0 cm³/mol. The van der Waals surface area contributed by atoms with Gasteiger partial charge < -0.3 is 14.7 Å². The number of hydrogen-bond donors (Lipinski definition) is 0. The molecule has 2 aliphatic heterocycles. The molecule has 1 atom stereocenters. The molecule has 2 amide bonds. The van der Waals surface area contributed by atoms with E-state index in [1.54, 1.807) is 4.90 Å². The second-order valence-electron chi connectivity index (χ2n) is 7.10. The lowest BCUT2D eigenvalue weighted by Crippen LogP contribution is -2.53. The maximum absolute atomic E-state index is 12.9. The molecule has 2 fully saturated rings. The van der Waals surface area contributed by atoms with Crippen molar-refractivity contribution in [1.82, 2.24) is 19.6 Å². The molecule has 1 unspecified atom stereocenters. The van der Waals surface area contributed by atoms with Gasteiger partial charge in [0.2, 0.25) is 0 Å². The lowest BCUT2D eigenvalue weighted by atomic mass is 10.2. The molecule has 2 aliphatic rings. The molecule has 0 aromatic rings. The van der Waals surface area contributed by atoms with Crippen molar-refractivity contribution in [3.05, 3.63) is 0 Å². The molecule has 140 valence electrons. The number of hydrogen-bond acceptors (Lipinski definition) is 5. The Labute approximate surface area is 146 Å². The van der Waals surface area contributed by atoms with Crippen molar-refractivity contribution in [3.63, 3.8) is 0 Å². The molecule has 7 nitrogen and oxygen atoms in total. The van der Waals surface area contributed by atoms with E-state index >= 15 is 0 Å². The first-order valence-corrected chi connectivity index (χ1v) is 10.8. The van der Waals surface area contributed by atoms with Crippen LogP contribution in [0.3, 0.4) is 0 Å². The van der Waals surface area contributed by atoms with E-state index < -0.39 is 9.84 Å². The topological polar surface area (TPSA) is 64.2 Å². The molecule has 0 N–H and O–H groups in total. The summed E-state index contributed by atoms with van der Waals surface area (Å²) in [6.07, 6.45) is 2.32. The number of amides is 2. The zero-order valence-corrected chi connectivity index (χ0v) is 16.1. The zero-order valence-electron chi connectivity index (χ0n) is 15.3. The van der Waals surface area contributed by atoms with Crippen molar-refractivity contribution >= 4 is 15.9 Å². The summed E-state index contributed by atoms with van der Waals surface area (Å²) in [5.41, 5.74) is 0. The van der Waals surface area contributed by atoms with Crippen LogP contribution in [0.5, 0.6) is 0 Å². The van der Waals surface area contributed by atoms with Gasteiger partial charge in [-0.2, -0.15) is 0 Å². The molecule has 2 saturated heterocycles. The largest absolute Gasteiger partial charge is 0.323 e. The Bertz CT molecular complexity index is 509. The third-order valence-electron chi connectivity index (χ3n) is 5.04. The van der Waals surface area contributed by atoms with Crippen molar-refractivity contribution in [2.75, 3.05) is 71.4 Å². The van der Waals surface area contributed by atoms with Crippen molar-refractivity contribution in [2.45, 2.75) is 25.8 Å². The monoisotopic (exact) mass is 360 g/mol. The molecular formula is C16H32N4O3S. The highest BCUT2D eigenvalue weighted by Gasteiger charge is 2.31. The van der Waals surface area contributed by atoms with Gasteiger partial charge in [-0.15, -0.1) is 0 Å². The van der Waals surface area contributed by atoms with E-state index in [2.05, 4.69) is 16.7 Å². The van der Waals surface area contributed by atoms with E-state index in [0.29, 0.717) is 25.7 Å². The molecule has 2 rings (SSSR count). The second kappa shape index (κ2) is 8.49. The van der Waals surface area contributed by atoms with Gasteiger partial charge >= 0.3 is 6.03 Å². The van der Waals surface area contributed by atoms with Gasteiger partial charge in [-0.1, -0.05) is 6.92 Å². The minimum absolute atomic E-state index is 0.00490. The average Bonchev–Trinajstić information content (AvgIpc) is 2.97. The van der Waals surface area contributed by atoms with E-state index in [9.17, 15) is 13.2 Å². The molecule has 8 heteroatoms. The number of rotatable bonds is 6. The third kappa shape index (κ3) is 5.32. The summed E-state index contributed by atoms with van der Waals surface area (Å²) in [6.45, 7) is 7.17. The zero-order chi connectivity index (χ0) is 17.7. The third-order valence-corrected chi connectivity index (χ3v) is 6.65. The van der Waals surface area contributed by atoms with Crippen LogP contribution in [-0.4, -0.2) is 112 Å². The van der Waals surface area contributed by atoms with E-state index in [1.807, 2.05) is 19.0 Å². The van der Waals surface area contributed by atoms with Gasteiger partial charge in [0.15, 0.2) is 9.84 Å². The van der Waals surface area contributed by atoms with Crippen LogP contribution in [0.25, 0.3) is 0 Å². The first kappa shape index (κ1) is 19.5. The van der Waals surface area contributed by atoms with Crippen molar-refractivity contribution < 1.29 is 13.2 Å². The molecule has 0 saturated carbocycles. The molecule has 0 aromatic carbocycles. The van der Waals surface area contributed by atoms with Gasteiger partial charge in [-0.05, 0) is 40.0 Å². The fourth-order valence-electron chi connectivity index (χ4n) is 3.46. The molecule has 0 radical (unpaired) electrons. The van der Waals surface area contributed by atoms with Crippen molar-refractivity contribution in [2.24, 2.45) is 0 Å². The predicted octanol–water partition coefficient (Wildman–Crippen LogP) is 0.185. The van der Waals surface area contributed by atoms with Gasteiger partial charge in [0, 0.05) is 38.8 Å². The van der Waals surface area contributed by atoms with Crippen LogP contribution in [0.15, 0.2) is 0 Å². The standard InChI is InChI=1S/C16H32N4O3S/c1-4-18-7-5-6-15(18)14-20(9-8-17(2)3)16(21)19-10-12-24(22,23)13-11-19/h15H,4-14H2,1-3H3. The quantitative estimate of drug-likeness (QED) is 0.676. The van der Waals surface area contributed by atoms with Crippen LogP contribution >= 0.6 is 0 Å². The maximum Gasteiger partial charge on any atom is 0.320 e. The highest BCUT2D eigenvalue weighted by atomic mass is 32.2. The summed E-state index contributed by atoms with van der Waals surface area (Å²) in [7, 11) is 1.04. The van der Waals surface area contributed by atoms with Crippen molar-refractivity contribution in [1.29, 1.82) is 0 Å². The summed E-state index contributed by atoms with van der Waals surface area (Å²) in [6, 6.07) is 0.421. The molecule has 0 aliphatic carbocycles. The Morgan fingerprint density at radius 3 is 2.38 bits per heavy atom. The summed E-state index contributed by atoms with van der Waals surface area (Å²) in [4.78, 5) is 21.1. The Kier molecular flexibility index (Phi) is 6.88. The minimum Gasteiger partial charge on any atom is -0.323 e. The lowest BCUT2D eigenvalue weighted by Gasteiger charge is -2.36. The number of carbonyl (C=O) groups excluding carboxylic acids is 1. The number of sulfone groups is 1. The summed E-state index contributed by atoms with van der Waals surface area (Å²) >= 11 is 0. The summed E-state index contributed by atoms with van der Waals surface area (Å²) in [5.74, 6) is 0.176. The van der Waals surface area contributed by atoms with Crippen LogP contribution in [0.1, 0.15) is 19.8 Å². The number of likely N-dealkylation sites (tertiary alicyclic amines) is 1. The van der Waals surface area contributed by atoms with E-state index in [4.69, 9.17) is 0 Å².